The zero-order chi connectivity index (χ0) is 7.28. The van der Waals surface area contributed by atoms with E-state index in [9.17, 15) is 4.79 Å². The highest BCUT2D eigenvalue weighted by molar-refractivity contribution is 5.70. The number of rotatable bonds is 4. The number of carbonyl (C=O) groups is 1. The summed E-state index contributed by atoms with van der Waals surface area (Å²) in [7, 11) is 0. The highest BCUT2D eigenvalue weighted by Crippen LogP contribution is 1.85. The summed E-state index contributed by atoms with van der Waals surface area (Å²) in [5.41, 5.74) is 0. The Bertz CT molecular complexity index is 110. The molecule has 0 bridgehead atoms. The molecule has 0 fully saturated rings. The van der Waals surface area contributed by atoms with Crippen molar-refractivity contribution < 1.29 is 19.7 Å². The first kappa shape index (κ1) is 8.13. The van der Waals surface area contributed by atoms with Crippen LogP contribution in [0.4, 0.5) is 0 Å². The van der Waals surface area contributed by atoms with Crippen molar-refractivity contribution in [1.29, 1.82) is 0 Å². The second kappa shape index (κ2) is 4.05. The van der Waals surface area contributed by atoms with Gasteiger partial charge in [0.2, 0.25) is 0 Å². The fourth-order valence-electron chi connectivity index (χ4n) is 0.230. The van der Waals surface area contributed by atoms with E-state index in [-0.39, 0.29) is 6.61 Å². The Labute approximate surface area is 52.4 Å². The minimum Gasteiger partial charge on any atom is -0.477 e. The van der Waals surface area contributed by atoms with Crippen LogP contribution in [0.3, 0.4) is 0 Å². The molecular formula is C5H8O4. The Morgan fingerprint density at radius 1 is 1.89 bits per heavy atom. The predicted molar refractivity (Wildman–Crippen MR) is 29.8 cm³/mol. The number of carboxylic acid groups (broad SMARTS) is 1. The van der Waals surface area contributed by atoms with E-state index in [1.54, 1.807) is 0 Å². The van der Waals surface area contributed by atoms with Crippen LogP contribution < -0.4 is 0 Å². The molecule has 0 aliphatic carbocycles. The number of aliphatic hydroxyl groups excluding tert-OH is 1. The van der Waals surface area contributed by atoms with Crippen molar-refractivity contribution in [2.75, 3.05) is 6.61 Å². The van der Waals surface area contributed by atoms with Crippen LogP contribution in [0.25, 0.3) is 0 Å². The lowest BCUT2D eigenvalue weighted by molar-refractivity contribution is -0.174. The largest absolute Gasteiger partial charge is 0.477 e. The summed E-state index contributed by atoms with van der Waals surface area (Å²) >= 11 is 0. The standard InChI is InChI=1S/C5H8O4/c1-2-3-9-5(8)4(6)7/h2,5,8H,1,3H2,(H,6,7). The van der Waals surface area contributed by atoms with Crippen LogP contribution in [-0.4, -0.2) is 29.1 Å². The molecule has 4 heteroatoms. The van der Waals surface area contributed by atoms with Gasteiger partial charge in [0.1, 0.15) is 0 Å². The van der Waals surface area contributed by atoms with Crippen LogP contribution in [-0.2, 0) is 9.53 Å². The van der Waals surface area contributed by atoms with Crippen LogP contribution in [0.5, 0.6) is 0 Å². The van der Waals surface area contributed by atoms with Gasteiger partial charge >= 0.3 is 5.97 Å². The Kier molecular flexibility index (Phi) is 3.66. The third-order valence-corrected chi connectivity index (χ3v) is 0.583. The number of hydrogen-bond donors (Lipinski definition) is 2. The molecule has 0 rings (SSSR count). The average molecular weight is 132 g/mol. The summed E-state index contributed by atoms with van der Waals surface area (Å²) in [4.78, 5) is 9.80. The van der Waals surface area contributed by atoms with Crippen LogP contribution in [0.2, 0.25) is 0 Å². The second-order valence-corrected chi connectivity index (χ2v) is 1.31. The number of ether oxygens (including phenoxy) is 1. The maximum absolute atomic E-state index is 9.80. The normalized spacial score (nSPS) is 12.6. The lowest BCUT2D eigenvalue weighted by Gasteiger charge is -2.02. The third kappa shape index (κ3) is 3.69. The predicted octanol–water partition coefficient (Wildman–Crippen LogP) is -0.408. The van der Waals surface area contributed by atoms with Crippen molar-refractivity contribution >= 4 is 5.97 Å². The summed E-state index contributed by atoms with van der Waals surface area (Å²) in [6.45, 7) is 3.30. The summed E-state index contributed by atoms with van der Waals surface area (Å²) in [6.07, 6.45) is -0.380. The van der Waals surface area contributed by atoms with Gasteiger partial charge in [-0.25, -0.2) is 4.79 Å². The molecule has 9 heavy (non-hydrogen) atoms. The molecule has 1 unspecified atom stereocenters. The van der Waals surface area contributed by atoms with E-state index >= 15 is 0 Å². The van der Waals surface area contributed by atoms with Gasteiger partial charge < -0.3 is 14.9 Å². The highest BCUT2D eigenvalue weighted by Gasteiger charge is 2.10. The molecule has 2 N–H and O–H groups in total. The molecular weight excluding hydrogens is 124 g/mol. The van der Waals surface area contributed by atoms with Crippen molar-refractivity contribution in [1.82, 2.24) is 0 Å². The topological polar surface area (TPSA) is 66.8 Å². The van der Waals surface area contributed by atoms with Crippen LogP contribution in [0, 0.1) is 0 Å². The fraction of sp³-hybridized carbons (Fsp3) is 0.400. The highest BCUT2D eigenvalue weighted by atomic mass is 16.6. The van der Waals surface area contributed by atoms with Crippen LogP contribution in [0.1, 0.15) is 0 Å². The second-order valence-electron chi connectivity index (χ2n) is 1.31. The molecule has 0 aliphatic heterocycles. The fourth-order valence-corrected chi connectivity index (χ4v) is 0.230. The van der Waals surface area contributed by atoms with Gasteiger partial charge in [-0.15, -0.1) is 6.58 Å². The molecule has 0 aliphatic rings. The van der Waals surface area contributed by atoms with E-state index in [0.717, 1.165) is 0 Å². The number of carboxylic acids is 1. The smallest absolute Gasteiger partial charge is 0.360 e. The summed E-state index contributed by atoms with van der Waals surface area (Å²) in [6, 6.07) is 0. The monoisotopic (exact) mass is 132 g/mol. The van der Waals surface area contributed by atoms with Crippen molar-refractivity contribution in [3.05, 3.63) is 12.7 Å². The summed E-state index contributed by atoms with van der Waals surface area (Å²) < 4.78 is 4.29. The molecule has 52 valence electrons. The lowest BCUT2D eigenvalue weighted by Crippen LogP contribution is -2.22. The Morgan fingerprint density at radius 2 is 2.44 bits per heavy atom. The van der Waals surface area contributed by atoms with Gasteiger partial charge in [-0.05, 0) is 0 Å². The summed E-state index contributed by atoms with van der Waals surface area (Å²) in [5, 5.41) is 16.4. The van der Waals surface area contributed by atoms with Crippen molar-refractivity contribution in [3.63, 3.8) is 0 Å². The Balaban J connectivity index is 3.37. The minimum atomic E-state index is -1.73. The van der Waals surface area contributed by atoms with E-state index < -0.39 is 12.3 Å². The maximum atomic E-state index is 9.80. The number of aliphatic hydroxyl groups is 1. The van der Waals surface area contributed by atoms with Gasteiger partial charge in [0.25, 0.3) is 6.29 Å². The molecule has 0 aromatic carbocycles. The number of hydrogen-bond acceptors (Lipinski definition) is 3. The van der Waals surface area contributed by atoms with Gasteiger partial charge in [-0.2, -0.15) is 0 Å². The molecule has 0 saturated carbocycles. The molecule has 0 heterocycles. The first-order valence-electron chi connectivity index (χ1n) is 2.32. The first-order valence-corrected chi connectivity index (χ1v) is 2.32. The maximum Gasteiger partial charge on any atom is 0.360 e. The van der Waals surface area contributed by atoms with E-state index in [0.29, 0.717) is 0 Å². The number of aliphatic carboxylic acids is 1. The molecule has 0 radical (unpaired) electrons. The first-order chi connectivity index (χ1) is 4.18. The Hall–Kier alpha value is -0.870. The molecule has 4 nitrogen and oxygen atoms in total. The molecule has 0 aromatic heterocycles. The van der Waals surface area contributed by atoms with Gasteiger partial charge in [-0.3, -0.25) is 0 Å². The summed E-state index contributed by atoms with van der Waals surface area (Å²) in [5.74, 6) is -1.39. The van der Waals surface area contributed by atoms with Crippen LogP contribution >= 0.6 is 0 Å². The van der Waals surface area contributed by atoms with Gasteiger partial charge in [0.05, 0.1) is 6.61 Å². The quantitative estimate of drug-likeness (QED) is 0.403. The zero-order valence-corrected chi connectivity index (χ0v) is 4.78. The van der Waals surface area contributed by atoms with Crippen LogP contribution in [0.15, 0.2) is 12.7 Å². The van der Waals surface area contributed by atoms with Crippen molar-refractivity contribution in [3.8, 4) is 0 Å². The molecule has 1 atom stereocenters. The van der Waals surface area contributed by atoms with E-state index in [1.807, 2.05) is 0 Å². The van der Waals surface area contributed by atoms with Gasteiger partial charge in [-0.1, -0.05) is 6.08 Å². The molecule has 0 spiro atoms. The van der Waals surface area contributed by atoms with E-state index in [1.165, 1.54) is 6.08 Å². The SMILES string of the molecule is C=CCOC(O)C(=O)O. The average Bonchev–Trinajstić information content (AvgIpc) is 1.82. The minimum absolute atomic E-state index is 0.0352. The van der Waals surface area contributed by atoms with E-state index in [2.05, 4.69) is 11.3 Å². The Morgan fingerprint density at radius 3 is 2.78 bits per heavy atom. The van der Waals surface area contributed by atoms with E-state index in [4.69, 9.17) is 10.2 Å². The van der Waals surface area contributed by atoms with Gasteiger partial charge in [0, 0.05) is 0 Å². The molecule has 0 amide bonds. The zero-order valence-electron chi connectivity index (χ0n) is 4.78. The molecule has 0 saturated heterocycles. The van der Waals surface area contributed by atoms with Crippen molar-refractivity contribution in [2.24, 2.45) is 0 Å². The molecule has 0 aromatic rings. The third-order valence-electron chi connectivity index (χ3n) is 0.583. The van der Waals surface area contributed by atoms with Gasteiger partial charge in [0.15, 0.2) is 0 Å². The van der Waals surface area contributed by atoms with Crippen molar-refractivity contribution in [2.45, 2.75) is 6.29 Å². The lowest BCUT2D eigenvalue weighted by atomic mass is 10.6.